The number of halogens is 6. The largest absolute Gasteiger partial charge is 0.432 e. The van der Waals surface area contributed by atoms with E-state index in [0.29, 0.717) is 5.56 Å². The van der Waals surface area contributed by atoms with E-state index in [1.165, 1.54) is 12.1 Å². The van der Waals surface area contributed by atoms with Gasteiger partial charge in [0.1, 0.15) is 16.4 Å². The van der Waals surface area contributed by atoms with Crippen molar-refractivity contribution in [3.8, 4) is 11.3 Å². The summed E-state index contributed by atoms with van der Waals surface area (Å²) in [6.07, 6.45) is -4.86. The maximum atomic E-state index is 12.9. The standard InChI is InChI=1S/C12H6Cl3F3N2O2/c1-4-6(13)2-5(3-7(4)14)9-10(20(21)22)8(15)11(19-9)12(16,17)18/h2-3,19H,1H3. The molecule has 4 nitrogen and oxygen atoms in total. The van der Waals surface area contributed by atoms with Crippen molar-refractivity contribution in [2.75, 3.05) is 0 Å². The summed E-state index contributed by atoms with van der Waals surface area (Å²) in [7, 11) is 0. The minimum atomic E-state index is -4.86. The van der Waals surface area contributed by atoms with Crippen molar-refractivity contribution in [1.29, 1.82) is 0 Å². The molecule has 22 heavy (non-hydrogen) atoms. The number of nitrogens with one attached hydrogen (secondary N) is 1. The molecule has 0 spiro atoms. The Hall–Kier alpha value is -1.44. The smallest absolute Gasteiger partial charge is 0.344 e. The number of alkyl halides is 3. The third kappa shape index (κ3) is 2.88. The van der Waals surface area contributed by atoms with Gasteiger partial charge in [0.05, 0.1) is 4.92 Å². The van der Waals surface area contributed by atoms with Gasteiger partial charge in [0.2, 0.25) is 0 Å². The summed E-state index contributed by atoms with van der Waals surface area (Å²) < 4.78 is 38.6. The third-order valence-electron chi connectivity index (χ3n) is 2.95. The highest BCUT2D eigenvalue weighted by Crippen LogP contribution is 2.45. The number of hydrogen-bond acceptors (Lipinski definition) is 2. The Morgan fingerprint density at radius 2 is 1.68 bits per heavy atom. The van der Waals surface area contributed by atoms with Gasteiger partial charge in [-0.3, -0.25) is 10.1 Å². The lowest BCUT2D eigenvalue weighted by molar-refractivity contribution is -0.384. The second-order valence-electron chi connectivity index (χ2n) is 4.36. The van der Waals surface area contributed by atoms with Crippen LogP contribution in [0, 0.1) is 17.0 Å². The minimum Gasteiger partial charge on any atom is -0.344 e. The summed E-state index contributed by atoms with van der Waals surface area (Å²) in [5, 5.41) is 10.4. The van der Waals surface area contributed by atoms with Crippen LogP contribution in [0.5, 0.6) is 0 Å². The van der Waals surface area contributed by atoms with Gasteiger partial charge in [-0.25, -0.2) is 0 Å². The van der Waals surface area contributed by atoms with E-state index >= 15 is 0 Å². The number of H-pyrrole nitrogens is 1. The fourth-order valence-electron chi connectivity index (χ4n) is 1.83. The Kier molecular flexibility index (Phi) is 4.34. The third-order valence-corrected chi connectivity index (χ3v) is 4.10. The van der Waals surface area contributed by atoms with Gasteiger partial charge in [0.25, 0.3) is 0 Å². The van der Waals surface area contributed by atoms with Crippen molar-refractivity contribution in [3.63, 3.8) is 0 Å². The Bertz CT molecular complexity index is 749. The maximum absolute atomic E-state index is 12.9. The van der Waals surface area contributed by atoms with Crippen LogP contribution in [-0.2, 0) is 6.18 Å². The topological polar surface area (TPSA) is 58.9 Å². The van der Waals surface area contributed by atoms with E-state index in [-0.39, 0.29) is 15.6 Å². The zero-order valence-electron chi connectivity index (χ0n) is 10.7. The SMILES string of the molecule is Cc1c(Cl)cc(-c2[nH]c(C(F)(F)F)c(Cl)c2[N+](=O)[O-])cc1Cl. The molecule has 0 atom stereocenters. The van der Waals surface area contributed by atoms with Crippen molar-refractivity contribution in [3.05, 3.63) is 48.6 Å². The number of hydrogen-bond donors (Lipinski definition) is 1. The fraction of sp³-hybridized carbons (Fsp3) is 0.167. The number of aromatic nitrogens is 1. The maximum Gasteiger partial charge on any atom is 0.432 e. The first-order chi connectivity index (χ1) is 10.0. The highest BCUT2D eigenvalue weighted by atomic mass is 35.5. The van der Waals surface area contributed by atoms with Gasteiger partial charge < -0.3 is 4.98 Å². The first-order valence-corrected chi connectivity index (χ1v) is 6.76. The summed E-state index contributed by atoms with van der Waals surface area (Å²) in [4.78, 5) is 12.0. The van der Waals surface area contributed by atoms with Gasteiger partial charge in [0.15, 0.2) is 0 Å². The molecule has 1 aromatic heterocycles. The second-order valence-corrected chi connectivity index (χ2v) is 5.55. The lowest BCUT2D eigenvalue weighted by Gasteiger charge is -2.05. The zero-order chi connectivity index (χ0) is 16.8. The van der Waals surface area contributed by atoms with Crippen LogP contribution in [0.1, 0.15) is 11.3 Å². The molecular weight excluding hydrogens is 367 g/mol. The van der Waals surface area contributed by atoms with Gasteiger partial charge in [-0.05, 0) is 24.6 Å². The van der Waals surface area contributed by atoms with E-state index in [1.54, 1.807) is 6.92 Å². The van der Waals surface area contributed by atoms with E-state index in [4.69, 9.17) is 34.8 Å². The number of aromatic amines is 1. The molecule has 0 aliphatic carbocycles. The molecule has 1 heterocycles. The van der Waals surface area contributed by atoms with Crippen LogP contribution in [0.25, 0.3) is 11.3 Å². The monoisotopic (exact) mass is 372 g/mol. The fourth-order valence-corrected chi connectivity index (χ4v) is 2.64. The summed E-state index contributed by atoms with van der Waals surface area (Å²) in [6.45, 7) is 1.60. The molecule has 118 valence electrons. The van der Waals surface area contributed by atoms with Crippen molar-refractivity contribution < 1.29 is 18.1 Å². The van der Waals surface area contributed by atoms with Crippen LogP contribution in [0.4, 0.5) is 18.9 Å². The van der Waals surface area contributed by atoms with Crippen molar-refractivity contribution in [2.24, 2.45) is 0 Å². The quantitative estimate of drug-likeness (QED) is 0.528. The van der Waals surface area contributed by atoms with Gasteiger partial charge in [0, 0.05) is 15.6 Å². The van der Waals surface area contributed by atoms with Crippen LogP contribution in [0.3, 0.4) is 0 Å². The van der Waals surface area contributed by atoms with Crippen LogP contribution < -0.4 is 0 Å². The highest BCUT2D eigenvalue weighted by molar-refractivity contribution is 6.36. The molecule has 10 heteroatoms. The predicted octanol–water partition coefficient (Wildman–Crippen LogP) is 5.88. The van der Waals surface area contributed by atoms with E-state index < -0.39 is 33.2 Å². The zero-order valence-corrected chi connectivity index (χ0v) is 13.0. The van der Waals surface area contributed by atoms with Crippen molar-refractivity contribution in [2.45, 2.75) is 13.1 Å². The average Bonchev–Trinajstić information content (AvgIpc) is 2.73. The normalized spacial score (nSPS) is 11.8. The number of rotatable bonds is 2. The lowest BCUT2D eigenvalue weighted by atomic mass is 10.1. The molecular formula is C12H6Cl3F3N2O2. The average molecular weight is 374 g/mol. The van der Waals surface area contributed by atoms with E-state index in [0.717, 1.165) is 0 Å². The lowest BCUT2D eigenvalue weighted by Crippen LogP contribution is -2.06. The molecule has 2 rings (SSSR count). The van der Waals surface area contributed by atoms with Gasteiger partial charge in [-0.2, -0.15) is 13.2 Å². The first kappa shape index (κ1) is 16.9. The summed E-state index contributed by atoms with van der Waals surface area (Å²) in [5.41, 5.74) is -2.16. The Labute approximate surface area is 136 Å². The van der Waals surface area contributed by atoms with E-state index in [9.17, 15) is 23.3 Å². The van der Waals surface area contributed by atoms with Crippen LogP contribution in [-0.4, -0.2) is 9.91 Å². The van der Waals surface area contributed by atoms with Crippen molar-refractivity contribution >= 4 is 40.5 Å². The van der Waals surface area contributed by atoms with Gasteiger partial charge in [-0.15, -0.1) is 0 Å². The molecule has 0 bridgehead atoms. The number of nitrogens with zero attached hydrogens (tertiary/aromatic N) is 1. The van der Waals surface area contributed by atoms with Crippen LogP contribution in [0.2, 0.25) is 15.1 Å². The Balaban J connectivity index is 2.78. The summed E-state index contributed by atoms with van der Waals surface area (Å²) in [6, 6.07) is 2.55. The Morgan fingerprint density at radius 3 is 2.09 bits per heavy atom. The van der Waals surface area contributed by atoms with E-state index in [2.05, 4.69) is 0 Å². The van der Waals surface area contributed by atoms with Gasteiger partial charge >= 0.3 is 11.9 Å². The molecule has 0 aliphatic rings. The highest BCUT2D eigenvalue weighted by Gasteiger charge is 2.41. The summed E-state index contributed by atoms with van der Waals surface area (Å²) >= 11 is 17.3. The molecule has 2 aromatic rings. The predicted molar refractivity (Wildman–Crippen MR) is 77.7 cm³/mol. The van der Waals surface area contributed by atoms with Crippen molar-refractivity contribution in [1.82, 2.24) is 4.98 Å². The number of benzene rings is 1. The van der Waals surface area contributed by atoms with E-state index in [1.807, 2.05) is 4.98 Å². The molecule has 0 saturated carbocycles. The molecule has 0 unspecified atom stereocenters. The summed E-state index contributed by atoms with van der Waals surface area (Å²) in [5.74, 6) is 0. The van der Waals surface area contributed by atoms with Crippen LogP contribution >= 0.6 is 34.8 Å². The molecule has 1 N–H and O–H groups in total. The minimum absolute atomic E-state index is 0.0321. The molecule has 0 aliphatic heterocycles. The molecule has 0 amide bonds. The molecule has 0 fully saturated rings. The number of nitro groups is 1. The first-order valence-electron chi connectivity index (χ1n) is 5.63. The molecule has 1 aromatic carbocycles. The second kappa shape index (κ2) is 5.64. The van der Waals surface area contributed by atoms with Crippen LogP contribution in [0.15, 0.2) is 12.1 Å². The van der Waals surface area contributed by atoms with Gasteiger partial charge in [-0.1, -0.05) is 34.8 Å². The molecule has 0 radical (unpaired) electrons. The molecule has 0 saturated heterocycles. The Morgan fingerprint density at radius 1 is 1.18 bits per heavy atom.